The number of ether oxygens (including phenoxy) is 2. The van der Waals surface area contributed by atoms with Gasteiger partial charge in [-0.3, -0.25) is 9.20 Å². The Bertz CT molecular complexity index is 1070. The number of halogens is 3. The maximum Gasteiger partial charge on any atom is 0.416 e. The van der Waals surface area contributed by atoms with Gasteiger partial charge in [0.05, 0.1) is 31.5 Å². The first-order valence-electron chi connectivity index (χ1n) is 11.8. The maximum absolute atomic E-state index is 14.8. The van der Waals surface area contributed by atoms with E-state index in [0.717, 1.165) is 23.4 Å². The van der Waals surface area contributed by atoms with Crippen LogP contribution in [0.4, 0.5) is 13.2 Å². The summed E-state index contributed by atoms with van der Waals surface area (Å²) in [4.78, 5) is 5.30. The highest BCUT2D eigenvalue weighted by Gasteiger charge is 2.45. The van der Waals surface area contributed by atoms with E-state index in [9.17, 15) is 17.4 Å². The summed E-state index contributed by atoms with van der Waals surface area (Å²) in [5.41, 5.74) is 6.73. The van der Waals surface area contributed by atoms with Gasteiger partial charge in [-0.25, -0.2) is 0 Å². The zero-order chi connectivity index (χ0) is 25.7. The molecule has 0 radical (unpaired) electrons. The molecule has 0 bridgehead atoms. The Balaban J connectivity index is 1.92. The Morgan fingerprint density at radius 3 is 2.71 bits per heavy atom. The van der Waals surface area contributed by atoms with Crippen LogP contribution in [-0.4, -0.2) is 64.2 Å². The Kier molecular flexibility index (Phi) is 9.06. The molecule has 1 aliphatic carbocycles. The van der Waals surface area contributed by atoms with E-state index >= 15 is 0 Å². The van der Waals surface area contributed by atoms with Crippen LogP contribution in [0.25, 0.3) is 0 Å². The molecule has 3 unspecified atom stereocenters. The van der Waals surface area contributed by atoms with Crippen LogP contribution in [0, 0.1) is 0 Å². The number of rotatable bonds is 9. The van der Waals surface area contributed by atoms with Crippen molar-refractivity contribution in [3.05, 3.63) is 41.6 Å². The van der Waals surface area contributed by atoms with Gasteiger partial charge in [0.2, 0.25) is 0 Å². The number of nitrogens with two attached hydrogens (primary N) is 1. The van der Waals surface area contributed by atoms with E-state index in [4.69, 9.17) is 20.3 Å². The third-order valence-corrected chi connectivity index (χ3v) is 10.7. The second-order valence-electron chi connectivity index (χ2n) is 9.18. The SMILES string of the molecule is CN=C(/C=C(\N)C1CC(C)(S(=O)(=C2CCC2)c2cccc(C(F)(F)F)c2)CCO1)CCOCCO. The third-order valence-electron chi connectivity index (χ3n) is 6.80. The summed E-state index contributed by atoms with van der Waals surface area (Å²) in [6, 6.07) is 4.97. The molecule has 196 valence electrons. The fourth-order valence-corrected chi connectivity index (χ4v) is 8.36. The van der Waals surface area contributed by atoms with Gasteiger partial charge >= 0.3 is 6.18 Å². The molecule has 1 saturated heterocycles. The Hall–Kier alpha value is -1.88. The number of hydrogen-bond donors (Lipinski definition) is 2. The van der Waals surface area contributed by atoms with Crippen LogP contribution in [-0.2, 0) is 25.2 Å². The van der Waals surface area contributed by atoms with Gasteiger partial charge in [-0.1, -0.05) is 6.07 Å². The van der Waals surface area contributed by atoms with Crippen LogP contribution >= 0.6 is 0 Å². The van der Waals surface area contributed by atoms with Crippen molar-refractivity contribution in [3.8, 4) is 0 Å². The van der Waals surface area contributed by atoms with Gasteiger partial charge in [0.25, 0.3) is 0 Å². The van der Waals surface area contributed by atoms with E-state index in [1.807, 2.05) is 6.92 Å². The van der Waals surface area contributed by atoms with Crippen LogP contribution in [0.2, 0.25) is 0 Å². The van der Waals surface area contributed by atoms with Crippen LogP contribution in [0.5, 0.6) is 0 Å². The number of aliphatic hydroxyl groups excluding tert-OH is 1. The molecule has 2 aliphatic rings. The first-order chi connectivity index (χ1) is 16.5. The van der Waals surface area contributed by atoms with Crippen molar-refractivity contribution in [2.24, 2.45) is 10.7 Å². The van der Waals surface area contributed by atoms with Gasteiger partial charge < -0.3 is 20.3 Å². The van der Waals surface area contributed by atoms with Crippen molar-refractivity contribution in [3.63, 3.8) is 0 Å². The number of benzene rings is 1. The van der Waals surface area contributed by atoms with Gasteiger partial charge in [0, 0.05) is 50.6 Å². The number of allylic oxidation sites excluding steroid dienone is 1. The molecule has 3 rings (SSSR count). The largest absolute Gasteiger partial charge is 0.416 e. The molecule has 1 heterocycles. The third kappa shape index (κ3) is 6.10. The number of hydrogen-bond acceptors (Lipinski definition) is 6. The first kappa shape index (κ1) is 27.7. The fraction of sp³-hybridized carbons (Fsp3) is 0.600. The maximum atomic E-state index is 14.8. The molecule has 3 N–H and O–H groups in total. The molecule has 1 aliphatic heterocycles. The molecule has 2 fully saturated rings. The molecule has 6 nitrogen and oxygen atoms in total. The minimum absolute atomic E-state index is 0.0603. The summed E-state index contributed by atoms with van der Waals surface area (Å²) in [7, 11) is -1.29. The average molecular weight is 517 g/mol. The summed E-state index contributed by atoms with van der Waals surface area (Å²) >= 11 is 0. The molecule has 10 heteroatoms. The highest BCUT2D eigenvalue weighted by molar-refractivity contribution is 8.03. The number of aliphatic hydroxyl groups is 1. The molecule has 1 aromatic carbocycles. The normalized spacial score (nSPS) is 25.8. The first-order valence-corrected chi connectivity index (χ1v) is 13.4. The van der Waals surface area contributed by atoms with Gasteiger partial charge in [0.15, 0.2) is 0 Å². The van der Waals surface area contributed by atoms with Gasteiger partial charge in [-0.2, -0.15) is 13.2 Å². The predicted molar refractivity (Wildman–Crippen MR) is 132 cm³/mol. The van der Waals surface area contributed by atoms with E-state index in [1.54, 1.807) is 19.2 Å². The van der Waals surface area contributed by atoms with Crippen molar-refractivity contribution >= 4 is 20.1 Å². The smallest absolute Gasteiger partial charge is 0.400 e. The lowest BCUT2D eigenvalue weighted by atomic mass is 9.94. The van der Waals surface area contributed by atoms with Crippen LogP contribution in [0.1, 0.15) is 51.0 Å². The zero-order valence-corrected chi connectivity index (χ0v) is 21.1. The highest BCUT2D eigenvalue weighted by atomic mass is 32.2. The molecular weight excluding hydrogens is 481 g/mol. The van der Waals surface area contributed by atoms with Gasteiger partial charge in [-0.15, -0.1) is 0 Å². The van der Waals surface area contributed by atoms with Crippen LogP contribution < -0.4 is 5.73 Å². The summed E-state index contributed by atoms with van der Waals surface area (Å²) in [6.07, 6.45) is 0.161. The van der Waals surface area contributed by atoms with E-state index < -0.39 is 32.1 Å². The molecule has 0 spiro atoms. The molecule has 1 aromatic rings. The van der Waals surface area contributed by atoms with E-state index in [1.165, 1.54) is 6.07 Å². The summed E-state index contributed by atoms with van der Waals surface area (Å²) in [5, 5.41) is 8.83. The Morgan fingerprint density at radius 2 is 2.11 bits per heavy atom. The predicted octanol–water partition coefficient (Wildman–Crippen LogP) is 3.96. The zero-order valence-electron chi connectivity index (χ0n) is 20.3. The summed E-state index contributed by atoms with van der Waals surface area (Å²) < 4.78 is 65.6. The van der Waals surface area contributed by atoms with E-state index in [0.29, 0.717) is 56.7 Å². The summed E-state index contributed by atoms with van der Waals surface area (Å²) in [6.45, 7) is 2.75. The standard InChI is InChI=1S/C25H35F3N2O4S/c1-24(10-13-34-23(17-24)22(29)16-19(30-2)9-12-33-14-11-31)35(32,20-6-4-7-20)21-8-3-5-18(15-21)25(26,27)28/h3,5,8,15-16,23,31H,4,6-7,9-14,17,29H2,1-2H3/b22-16-,30-19?. The molecule has 0 aromatic heterocycles. The molecular formula is C25H35F3N2O4S. The minimum atomic E-state index is -4.51. The van der Waals surface area contributed by atoms with Crippen molar-refractivity contribution in [1.82, 2.24) is 0 Å². The van der Waals surface area contributed by atoms with Crippen LogP contribution in [0.15, 0.2) is 45.9 Å². The quantitative estimate of drug-likeness (QED) is 0.294. The Labute approximate surface area is 205 Å². The Morgan fingerprint density at radius 1 is 1.37 bits per heavy atom. The topological polar surface area (TPSA) is 94.1 Å². The second-order valence-corrected chi connectivity index (χ2v) is 12.3. The summed E-state index contributed by atoms with van der Waals surface area (Å²) in [5.74, 6) is 0. The average Bonchev–Trinajstić information content (AvgIpc) is 2.79. The van der Waals surface area contributed by atoms with Gasteiger partial charge in [-0.05, 0) is 68.2 Å². The lowest BCUT2D eigenvalue weighted by Crippen LogP contribution is -2.49. The van der Waals surface area contributed by atoms with E-state index in [-0.39, 0.29) is 18.1 Å². The minimum Gasteiger partial charge on any atom is -0.400 e. The molecule has 35 heavy (non-hydrogen) atoms. The van der Waals surface area contributed by atoms with E-state index in [2.05, 4.69) is 4.99 Å². The van der Waals surface area contributed by atoms with Crippen molar-refractivity contribution in [2.75, 3.05) is 33.5 Å². The fourth-order valence-electron chi connectivity index (χ4n) is 4.58. The van der Waals surface area contributed by atoms with Crippen molar-refractivity contribution in [1.29, 1.82) is 0 Å². The highest BCUT2D eigenvalue weighted by Crippen LogP contribution is 2.43. The molecule has 1 saturated carbocycles. The molecule has 3 atom stereocenters. The van der Waals surface area contributed by atoms with Crippen LogP contribution in [0.3, 0.4) is 0 Å². The lowest BCUT2D eigenvalue weighted by Gasteiger charge is -2.44. The lowest BCUT2D eigenvalue weighted by molar-refractivity contribution is -0.137. The number of alkyl halides is 3. The molecule has 0 amide bonds. The van der Waals surface area contributed by atoms with Gasteiger partial charge in [0.1, 0.15) is 0 Å². The van der Waals surface area contributed by atoms with Crippen molar-refractivity contribution in [2.45, 2.75) is 67.4 Å². The number of nitrogens with zero attached hydrogens (tertiary/aromatic N) is 1. The number of aliphatic imine (C=N–C) groups is 1. The monoisotopic (exact) mass is 516 g/mol. The second kappa shape index (κ2) is 11.5. The van der Waals surface area contributed by atoms with Crippen molar-refractivity contribution < 1.29 is 32.0 Å².